The van der Waals surface area contributed by atoms with Crippen LogP contribution in [0.5, 0.6) is 0 Å². The number of aromatic nitrogens is 2. The standard InChI is InChI=1S/C14H13N3O/c1-10(11-6-8-15-9-7-11)16-14-17-12-4-2-3-5-13(12)18-14/h2-10H,1H3,(H,16,17). The first-order chi connectivity index (χ1) is 8.83. The Kier molecular flexibility index (Phi) is 2.68. The number of anilines is 1. The first kappa shape index (κ1) is 10.8. The molecule has 0 saturated heterocycles. The van der Waals surface area contributed by atoms with Crippen molar-refractivity contribution in [1.29, 1.82) is 0 Å². The van der Waals surface area contributed by atoms with Crippen LogP contribution >= 0.6 is 0 Å². The van der Waals surface area contributed by atoms with E-state index in [1.54, 1.807) is 12.4 Å². The number of fused-ring (bicyclic) bond motifs is 1. The predicted octanol–water partition coefficient (Wildman–Crippen LogP) is 3.40. The van der Waals surface area contributed by atoms with Gasteiger partial charge in [-0.1, -0.05) is 12.1 Å². The number of hydrogen-bond acceptors (Lipinski definition) is 4. The number of benzene rings is 1. The molecule has 1 unspecified atom stereocenters. The topological polar surface area (TPSA) is 51.0 Å². The van der Waals surface area contributed by atoms with Gasteiger partial charge in [-0.25, -0.2) is 0 Å². The van der Waals surface area contributed by atoms with Gasteiger partial charge in [0, 0.05) is 12.4 Å². The lowest BCUT2D eigenvalue weighted by Crippen LogP contribution is -2.06. The molecule has 18 heavy (non-hydrogen) atoms. The Morgan fingerprint density at radius 1 is 1.11 bits per heavy atom. The molecule has 0 aliphatic rings. The molecule has 3 aromatic rings. The lowest BCUT2D eigenvalue weighted by molar-refractivity contribution is 0.604. The van der Waals surface area contributed by atoms with E-state index in [1.165, 1.54) is 0 Å². The molecule has 0 saturated carbocycles. The Balaban J connectivity index is 1.84. The summed E-state index contributed by atoms with van der Waals surface area (Å²) >= 11 is 0. The molecule has 0 amide bonds. The summed E-state index contributed by atoms with van der Waals surface area (Å²) in [6.45, 7) is 2.06. The van der Waals surface area contributed by atoms with Gasteiger partial charge in [0.2, 0.25) is 0 Å². The van der Waals surface area contributed by atoms with Gasteiger partial charge in [-0.3, -0.25) is 4.98 Å². The van der Waals surface area contributed by atoms with Gasteiger partial charge in [0.1, 0.15) is 5.52 Å². The van der Waals surface area contributed by atoms with Gasteiger partial charge >= 0.3 is 0 Å². The van der Waals surface area contributed by atoms with Gasteiger partial charge < -0.3 is 9.73 Å². The van der Waals surface area contributed by atoms with Crippen molar-refractivity contribution in [1.82, 2.24) is 9.97 Å². The average molecular weight is 239 g/mol. The Hall–Kier alpha value is -2.36. The number of pyridine rings is 1. The summed E-state index contributed by atoms with van der Waals surface area (Å²) in [6, 6.07) is 12.3. The maximum atomic E-state index is 5.62. The van der Waals surface area contributed by atoms with Crippen molar-refractivity contribution in [3.8, 4) is 0 Å². The quantitative estimate of drug-likeness (QED) is 0.761. The van der Waals surface area contributed by atoms with Gasteiger partial charge in [-0.15, -0.1) is 0 Å². The van der Waals surface area contributed by atoms with E-state index in [9.17, 15) is 0 Å². The van der Waals surface area contributed by atoms with Crippen LogP contribution in [-0.4, -0.2) is 9.97 Å². The molecule has 1 N–H and O–H groups in total. The van der Waals surface area contributed by atoms with Crippen LogP contribution in [0, 0.1) is 0 Å². The van der Waals surface area contributed by atoms with Crippen LogP contribution in [0.1, 0.15) is 18.5 Å². The second kappa shape index (κ2) is 4.49. The molecule has 0 aliphatic carbocycles. The normalized spacial score (nSPS) is 12.5. The second-order valence-corrected chi connectivity index (χ2v) is 4.13. The van der Waals surface area contributed by atoms with Crippen molar-refractivity contribution in [2.75, 3.05) is 5.32 Å². The number of nitrogens with zero attached hydrogens (tertiary/aromatic N) is 2. The van der Waals surface area contributed by atoms with Crippen molar-refractivity contribution in [3.63, 3.8) is 0 Å². The molecule has 0 radical (unpaired) electrons. The zero-order chi connectivity index (χ0) is 12.4. The van der Waals surface area contributed by atoms with Crippen molar-refractivity contribution in [2.45, 2.75) is 13.0 Å². The fourth-order valence-corrected chi connectivity index (χ4v) is 1.85. The highest BCUT2D eigenvalue weighted by Crippen LogP contribution is 2.22. The molecule has 1 atom stereocenters. The van der Waals surface area contributed by atoms with E-state index < -0.39 is 0 Å². The summed E-state index contributed by atoms with van der Waals surface area (Å²) in [7, 11) is 0. The van der Waals surface area contributed by atoms with E-state index in [0.717, 1.165) is 16.7 Å². The molecule has 4 nitrogen and oxygen atoms in total. The largest absolute Gasteiger partial charge is 0.424 e. The molecular formula is C14H13N3O. The fraction of sp³-hybridized carbons (Fsp3) is 0.143. The average Bonchev–Trinajstić information content (AvgIpc) is 2.82. The molecule has 90 valence electrons. The monoisotopic (exact) mass is 239 g/mol. The molecule has 4 heteroatoms. The Morgan fingerprint density at radius 2 is 1.89 bits per heavy atom. The molecule has 0 spiro atoms. The maximum Gasteiger partial charge on any atom is 0.296 e. The van der Waals surface area contributed by atoms with Crippen LogP contribution in [0.2, 0.25) is 0 Å². The number of oxazole rings is 1. The smallest absolute Gasteiger partial charge is 0.296 e. The minimum atomic E-state index is 0.126. The van der Waals surface area contributed by atoms with Gasteiger partial charge in [-0.2, -0.15) is 4.98 Å². The van der Waals surface area contributed by atoms with Crippen molar-refractivity contribution >= 4 is 17.1 Å². The van der Waals surface area contributed by atoms with E-state index in [-0.39, 0.29) is 6.04 Å². The number of hydrogen-bond donors (Lipinski definition) is 1. The molecular weight excluding hydrogens is 226 g/mol. The van der Waals surface area contributed by atoms with Gasteiger partial charge in [0.15, 0.2) is 5.58 Å². The summed E-state index contributed by atoms with van der Waals surface area (Å²) in [5.41, 5.74) is 2.80. The molecule has 0 bridgehead atoms. The van der Waals surface area contributed by atoms with E-state index in [2.05, 4.69) is 22.2 Å². The summed E-state index contributed by atoms with van der Waals surface area (Å²) < 4.78 is 5.62. The van der Waals surface area contributed by atoms with Crippen LogP contribution in [0.3, 0.4) is 0 Å². The van der Waals surface area contributed by atoms with E-state index in [4.69, 9.17) is 4.42 Å². The first-order valence-corrected chi connectivity index (χ1v) is 5.85. The molecule has 0 aliphatic heterocycles. The lowest BCUT2D eigenvalue weighted by Gasteiger charge is -2.11. The van der Waals surface area contributed by atoms with Gasteiger partial charge in [-0.05, 0) is 36.8 Å². The molecule has 2 heterocycles. The second-order valence-electron chi connectivity index (χ2n) is 4.13. The van der Waals surface area contributed by atoms with Gasteiger partial charge in [0.25, 0.3) is 6.01 Å². The highest BCUT2D eigenvalue weighted by molar-refractivity contribution is 5.74. The van der Waals surface area contributed by atoms with Gasteiger partial charge in [0.05, 0.1) is 6.04 Å². The third kappa shape index (κ3) is 2.05. The summed E-state index contributed by atoms with van der Waals surface area (Å²) in [4.78, 5) is 8.39. The van der Waals surface area contributed by atoms with E-state index in [1.807, 2.05) is 36.4 Å². The van der Waals surface area contributed by atoms with E-state index in [0.29, 0.717) is 6.01 Å². The highest BCUT2D eigenvalue weighted by atomic mass is 16.4. The predicted molar refractivity (Wildman–Crippen MR) is 70.3 cm³/mol. The van der Waals surface area contributed by atoms with Crippen LogP contribution < -0.4 is 5.32 Å². The van der Waals surface area contributed by atoms with Crippen LogP contribution in [0.4, 0.5) is 6.01 Å². The Morgan fingerprint density at radius 3 is 2.67 bits per heavy atom. The van der Waals surface area contributed by atoms with Crippen molar-refractivity contribution in [2.24, 2.45) is 0 Å². The summed E-state index contributed by atoms with van der Waals surface area (Å²) in [5, 5.41) is 3.24. The molecule has 0 fully saturated rings. The van der Waals surface area contributed by atoms with Crippen LogP contribution in [-0.2, 0) is 0 Å². The van der Waals surface area contributed by atoms with Crippen LogP contribution in [0.15, 0.2) is 53.2 Å². The van der Waals surface area contributed by atoms with E-state index >= 15 is 0 Å². The summed E-state index contributed by atoms with van der Waals surface area (Å²) in [5.74, 6) is 0. The minimum Gasteiger partial charge on any atom is -0.424 e. The molecule has 2 aromatic heterocycles. The zero-order valence-electron chi connectivity index (χ0n) is 10.00. The Labute approximate surface area is 105 Å². The minimum absolute atomic E-state index is 0.126. The highest BCUT2D eigenvalue weighted by Gasteiger charge is 2.09. The number of nitrogens with one attached hydrogen (secondary N) is 1. The number of para-hydroxylation sites is 2. The SMILES string of the molecule is CC(Nc1nc2ccccc2o1)c1ccncc1. The molecule has 3 rings (SSSR count). The van der Waals surface area contributed by atoms with Crippen molar-refractivity contribution in [3.05, 3.63) is 54.4 Å². The third-order valence-electron chi connectivity index (χ3n) is 2.84. The maximum absolute atomic E-state index is 5.62. The number of rotatable bonds is 3. The fourth-order valence-electron chi connectivity index (χ4n) is 1.85. The Bertz CT molecular complexity index is 615. The lowest BCUT2D eigenvalue weighted by atomic mass is 10.1. The zero-order valence-corrected chi connectivity index (χ0v) is 10.00. The van der Waals surface area contributed by atoms with Crippen molar-refractivity contribution < 1.29 is 4.42 Å². The summed E-state index contributed by atoms with van der Waals surface area (Å²) in [6.07, 6.45) is 3.55. The van der Waals surface area contributed by atoms with Crippen LogP contribution in [0.25, 0.3) is 11.1 Å². The molecule has 1 aromatic carbocycles. The third-order valence-corrected chi connectivity index (χ3v) is 2.84. The first-order valence-electron chi connectivity index (χ1n) is 5.85.